The molecule has 0 aliphatic heterocycles. The van der Waals surface area contributed by atoms with Crippen LogP contribution >= 0.6 is 0 Å². The van der Waals surface area contributed by atoms with E-state index in [0.717, 1.165) is 13.8 Å². The van der Waals surface area contributed by atoms with Crippen molar-refractivity contribution in [1.82, 2.24) is 0 Å². The Morgan fingerprint density at radius 1 is 0.857 bits per heavy atom. The summed E-state index contributed by atoms with van der Waals surface area (Å²) in [4.78, 5) is 0. The van der Waals surface area contributed by atoms with Crippen molar-refractivity contribution < 1.29 is 26.3 Å². The molecule has 0 bridgehead atoms. The van der Waals surface area contributed by atoms with Gasteiger partial charge in [-0.05, 0) is 18.3 Å². The number of hydrogen-bond acceptors (Lipinski definition) is 0. The molecule has 0 aromatic carbocycles. The van der Waals surface area contributed by atoms with Gasteiger partial charge in [-0.3, -0.25) is 0 Å². The first-order valence-corrected chi connectivity index (χ1v) is 4.18. The molecule has 0 N–H and O–H groups in total. The highest BCUT2D eigenvalue weighted by atomic mass is 19.4. The van der Waals surface area contributed by atoms with Gasteiger partial charge in [0.15, 0.2) is 5.41 Å². The number of hydrogen-bond donors (Lipinski definition) is 0. The smallest absolute Gasteiger partial charge is 0.170 e. The summed E-state index contributed by atoms with van der Waals surface area (Å²) in [5.41, 5.74) is -3.49. The minimum absolute atomic E-state index is 0.0288. The van der Waals surface area contributed by atoms with Crippen molar-refractivity contribution in [2.75, 3.05) is 0 Å². The first-order chi connectivity index (χ1) is 6.05. The third-order valence-corrected chi connectivity index (χ3v) is 3.20. The van der Waals surface area contributed by atoms with Crippen LogP contribution in [0, 0.1) is 17.3 Å². The topological polar surface area (TPSA) is 0 Å². The van der Waals surface area contributed by atoms with Gasteiger partial charge in [0.2, 0.25) is 0 Å². The van der Waals surface area contributed by atoms with E-state index in [1.165, 1.54) is 0 Å². The summed E-state index contributed by atoms with van der Waals surface area (Å²) < 4.78 is 74.6. The Kier molecular flexibility index (Phi) is 2.32. The Morgan fingerprint density at radius 3 is 1.21 bits per heavy atom. The molecule has 84 valence electrons. The molecule has 0 amide bonds. The van der Waals surface area contributed by atoms with E-state index in [1.807, 2.05) is 0 Å². The quantitative estimate of drug-likeness (QED) is 0.545. The average Bonchev–Trinajstić information content (AvgIpc) is 1.78. The van der Waals surface area contributed by atoms with Gasteiger partial charge < -0.3 is 0 Å². The second-order valence-electron chi connectivity index (χ2n) is 3.90. The molecular weight excluding hydrogens is 210 g/mol. The van der Waals surface area contributed by atoms with Crippen LogP contribution in [0.4, 0.5) is 26.3 Å². The molecule has 1 aliphatic rings. The average molecular weight is 220 g/mol. The van der Waals surface area contributed by atoms with E-state index in [2.05, 4.69) is 0 Å². The molecule has 0 heterocycles. The van der Waals surface area contributed by atoms with E-state index in [0.29, 0.717) is 0 Å². The zero-order valence-corrected chi connectivity index (χ0v) is 7.63. The Balaban J connectivity index is 3.17. The largest absolute Gasteiger partial charge is 0.403 e. The monoisotopic (exact) mass is 220 g/mol. The Bertz CT molecular complexity index is 201. The number of alkyl halides is 6. The predicted molar refractivity (Wildman–Crippen MR) is 37.5 cm³/mol. The van der Waals surface area contributed by atoms with Gasteiger partial charge in [-0.1, -0.05) is 13.8 Å². The first-order valence-electron chi connectivity index (χ1n) is 4.18. The first kappa shape index (κ1) is 11.7. The predicted octanol–water partition coefficient (Wildman–Crippen LogP) is 3.77. The lowest BCUT2D eigenvalue weighted by molar-refractivity contribution is -0.403. The molecular formula is C8H10F6. The van der Waals surface area contributed by atoms with E-state index in [4.69, 9.17) is 0 Å². The van der Waals surface area contributed by atoms with Gasteiger partial charge in [0.25, 0.3) is 0 Å². The fraction of sp³-hybridized carbons (Fsp3) is 1.00. The molecule has 0 saturated heterocycles. The minimum Gasteiger partial charge on any atom is -0.170 e. The van der Waals surface area contributed by atoms with Crippen LogP contribution in [0.2, 0.25) is 0 Å². The maximum Gasteiger partial charge on any atom is 0.403 e. The standard InChI is InChI=1S/C8H10F6/c1-4-3-5(2)6(4,7(9,10)11)8(12,13)14/h4-5H,3H2,1-2H3. The molecule has 1 fully saturated rings. The third-order valence-electron chi connectivity index (χ3n) is 3.20. The Hall–Kier alpha value is -0.420. The highest BCUT2D eigenvalue weighted by molar-refractivity contribution is 5.07. The summed E-state index contributed by atoms with van der Waals surface area (Å²) in [5, 5.41) is 0. The molecule has 1 aliphatic carbocycles. The van der Waals surface area contributed by atoms with E-state index in [1.54, 1.807) is 0 Å². The molecule has 2 unspecified atom stereocenters. The van der Waals surface area contributed by atoms with Crippen molar-refractivity contribution in [3.8, 4) is 0 Å². The van der Waals surface area contributed by atoms with Crippen molar-refractivity contribution in [3.63, 3.8) is 0 Å². The molecule has 14 heavy (non-hydrogen) atoms. The minimum atomic E-state index is -5.21. The van der Waals surface area contributed by atoms with Gasteiger partial charge in [0, 0.05) is 0 Å². The number of rotatable bonds is 0. The SMILES string of the molecule is CC1CC(C)C1(C(F)(F)F)C(F)(F)F. The van der Waals surface area contributed by atoms with Crippen LogP contribution in [0.1, 0.15) is 20.3 Å². The molecule has 0 nitrogen and oxygen atoms in total. The molecule has 1 rings (SSSR count). The van der Waals surface area contributed by atoms with Crippen LogP contribution in [-0.4, -0.2) is 12.4 Å². The van der Waals surface area contributed by atoms with Crippen LogP contribution in [0.5, 0.6) is 0 Å². The van der Waals surface area contributed by atoms with Crippen molar-refractivity contribution in [2.24, 2.45) is 17.3 Å². The van der Waals surface area contributed by atoms with Crippen LogP contribution < -0.4 is 0 Å². The van der Waals surface area contributed by atoms with Crippen molar-refractivity contribution in [3.05, 3.63) is 0 Å². The Morgan fingerprint density at radius 2 is 1.14 bits per heavy atom. The zero-order chi connectivity index (χ0) is 11.4. The highest BCUT2D eigenvalue weighted by Gasteiger charge is 2.79. The van der Waals surface area contributed by atoms with Gasteiger partial charge in [-0.15, -0.1) is 0 Å². The van der Waals surface area contributed by atoms with Gasteiger partial charge in [-0.25, -0.2) is 0 Å². The van der Waals surface area contributed by atoms with E-state index >= 15 is 0 Å². The lowest BCUT2D eigenvalue weighted by atomic mass is 9.53. The summed E-state index contributed by atoms with van der Waals surface area (Å²) in [6.45, 7) is 2.00. The fourth-order valence-corrected chi connectivity index (χ4v) is 2.51. The van der Waals surface area contributed by atoms with Crippen LogP contribution in [0.15, 0.2) is 0 Å². The van der Waals surface area contributed by atoms with Crippen LogP contribution in [0.3, 0.4) is 0 Å². The highest BCUT2D eigenvalue weighted by Crippen LogP contribution is 2.67. The number of halogens is 6. The summed E-state index contributed by atoms with van der Waals surface area (Å²) in [5.74, 6) is -2.75. The zero-order valence-electron chi connectivity index (χ0n) is 7.63. The van der Waals surface area contributed by atoms with Crippen molar-refractivity contribution in [2.45, 2.75) is 32.6 Å². The second-order valence-corrected chi connectivity index (χ2v) is 3.90. The summed E-state index contributed by atoms with van der Waals surface area (Å²) in [6.07, 6.45) is -10.4. The van der Waals surface area contributed by atoms with Gasteiger partial charge >= 0.3 is 12.4 Å². The van der Waals surface area contributed by atoms with Crippen molar-refractivity contribution >= 4 is 0 Å². The third kappa shape index (κ3) is 1.15. The molecule has 0 spiro atoms. The molecule has 1 saturated carbocycles. The molecule has 2 atom stereocenters. The van der Waals surface area contributed by atoms with Crippen LogP contribution in [0.25, 0.3) is 0 Å². The lowest BCUT2D eigenvalue weighted by Gasteiger charge is -2.54. The molecule has 6 heteroatoms. The van der Waals surface area contributed by atoms with Crippen molar-refractivity contribution in [1.29, 1.82) is 0 Å². The lowest BCUT2D eigenvalue weighted by Crippen LogP contribution is -2.64. The summed E-state index contributed by atoms with van der Waals surface area (Å²) in [7, 11) is 0. The second kappa shape index (κ2) is 2.79. The normalized spacial score (nSPS) is 32.6. The van der Waals surface area contributed by atoms with Gasteiger partial charge in [0.1, 0.15) is 0 Å². The maximum absolute atomic E-state index is 12.4. The maximum atomic E-state index is 12.4. The van der Waals surface area contributed by atoms with E-state index < -0.39 is 29.6 Å². The molecule has 0 aromatic rings. The summed E-state index contributed by atoms with van der Waals surface area (Å²) >= 11 is 0. The molecule has 0 aromatic heterocycles. The summed E-state index contributed by atoms with van der Waals surface area (Å²) in [6, 6.07) is 0. The van der Waals surface area contributed by atoms with Gasteiger partial charge in [-0.2, -0.15) is 26.3 Å². The van der Waals surface area contributed by atoms with E-state index in [-0.39, 0.29) is 6.42 Å². The fourth-order valence-electron chi connectivity index (χ4n) is 2.51. The van der Waals surface area contributed by atoms with E-state index in [9.17, 15) is 26.3 Å². The Labute approximate surface area is 77.3 Å². The molecule has 0 radical (unpaired) electrons. The van der Waals surface area contributed by atoms with Gasteiger partial charge in [0.05, 0.1) is 0 Å². The van der Waals surface area contributed by atoms with Crippen LogP contribution in [-0.2, 0) is 0 Å².